The van der Waals surface area contributed by atoms with Gasteiger partial charge in [-0.1, -0.05) is 73.9 Å². The van der Waals surface area contributed by atoms with Crippen LogP contribution in [0.5, 0.6) is 11.6 Å². The summed E-state index contributed by atoms with van der Waals surface area (Å²) in [4.78, 5) is 22.4. The second kappa shape index (κ2) is 12.7. The average molecular weight is 593 g/mol. The first-order valence-electron chi connectivity index (χ1n) is 14.7. The highest BCUT2D eigenvalue weighted by Crippen LogP contribution is 2.34. The highest BCUT2D eigenvalue weighted by atomic mass is 16.5. The Labute approximate surface area is 262 Å². The summed E-state index contributed by atoms with van der Waals surface area (Å²) in [5, 5.41) is 12.4. The Bertz CT molecular complexity index is 2040. The lowest BCUT2D eigenvalue weighted by Crippen LogP contribution is -2.21. The molecule has 2 N–H and O–H groups in total. The van der Waals surface area contributed by atoms with E-state index in [9.17, 15) is 4.79 Å². The molecule has 0 atom stereocenters. The zero-order valence-corrected chi connectivity index (χ0v) is 25.3. The number of rotatable bonds is 8. The molecule has 6 aromatic rings. The second-order valence-electron chi connectivity index (χ2n) is 11.0. The number of benzene rings is 4. The van der Waals surface area contributed by atoms with Gasteiger partial charge in [-0.3, -0.25) is 5.32 Å². The monoisotopic (exact) mass is 592 g/mol. The van der Waals surface area contributed by atoms with Crippen LogP contribution in [0.2, 0.25) is 0 Å². The van der Waals surface area contributed by atoms with Crippen molar-refractivity contribution in [2.45, 2.75) is 33.1 Å². The van der Waals surface area contributed by atoms with E-state index in [1.165, 1.54) is 0 Å². The largest absolute Gasteiger partial charge is 0.438 e. The van der Waals surface area contributed by atoms with Crippen molar-refractivity contribution < 1.29 is 9.53 Å². The van der Waals surface area contributed by atoms with Crippen molar-refractivity contribution in [3.63, 3.8) is 0 Å². The van der Waals surface area contributed by atoms with Crippen LogP contribution in [-0.4, -0.2) is 25.8 Å². The Morgan fingerprint density at radius 1 is 0.933 bits per heavy atom. The predicted molar refractivity (Wildman–Crippen MR) is 178 cm³/mol. The van der Waals surface area contributed by atoms with Gasteiger partial charge in [0.1, 0.15) is 17.4 Å². The first-order valence-corrected chi connectivity index (χ1v) is 14.7. The van der Waals surface area contributed by atoms with Gasteiger partial charge in [0.15, 0.2) is 0 Å². The highest BCUT2D eigenvalue weighted by molar-refractivity contribution is 6.07. The van der Waals surface area contributed by atoms with Gasteiger partial charge in [0.05, 0.1) is 17.1 Å². The molecule has 45 heavy (non-hydrogen) atoms. The molecule has 0 saturated carbocycles. The molecule has 0 spiro atoms. The number of carbonyl (C=O) groups excluding carboxylic acids is 1. The smallest absolute Gasteiger partial charge is 0.324 e. The molecule has 0 saturated heterocycles. The van der Waals surface area contributed by atoms with Crippen LogP contribution in [0.15, 0.2) is 103 Å². The second-order valence-corrected chi connectivity index (χ2v) is 11.0. The zero-order chi connectivity index (χ0) is 31.3. The lowest BCUT2D eigenvalue weighted by Gasteiger charge is -2.14. The number of aryl methyl sites for hydroxylation is 1. The minimum absolute atomic E-state index is 0.197. The van der Waals surface area contributed by atoms with Gasteiger partial charge in [-0.05, 0) is 54.8 Å². The van der Waals surface area contributed by atoms with Crippen molar-refractivity contribution in [1.82, 2.24) is 19.7 Å². The van der Waals surface area contributed by atoms with Gasteiger partial charge in [-0.2, -0.15) is 10.1 Å². The van der Waals surface area contributed by atoms with E-state index in [1.807, 2.05) is 97.9 Å². The van der Waals surface area contributed by atoms with E-state index in [4.69, 9.17) is 16.3 Å². The number of nitrogens with one attached hydrogen (secondary N) is 2. The molecule has 8 nitrogen and oxygen atoms in total. The van der Waals surface area contributed by atoms with Crippen molar-refractivity contribution in [2.75, 3.05) is 10.6 Å². The molecule has 4 aromatic carbocycles. The summed E-state index contributed by atoms with van der Waals surface area (Å²) in [6.07, 6.45) is 7.75. The molecule has 0 aliphatic rings. The van der Waals surface area contributed by atoms with Crippen LogP contribution in [0.25, 0.3) is 16.5 Å². The number of nitrogens with zero attached hydrogens (tertiary/aromatic N) is 4. The summed E-state index contributed by atoms with van der Waals surface area (Å²) in [5.74, 6) is 5.08. The van der Waals surface area contributed by atoms with Crippen LogP contribution in [0, 0.1) is 19.3 Å². The number of hydrogen-bond donors (Lipinski definition) is 2. The number of anilines is 2. The quantitative estimate of drug-likeness (QED) is 0.174. The van der Waals surface area contributed by atoms with Crippen LogP contribution in [0.4, 0.5) is 16.3 Å². The van der Waals surface area contributed by atoms with Crippen molar-refractivity contribution in [3.05, 3.63) is 131 Å². The Kier molecular flexibility index (Phi) is 8.25. The Morgan fingerprint density at radius 2 is 1.73 bits per heavy atom. The molecular weight excluding hydrogens is 560 g/mol. The number of carbonyl (C=O) groups is 1. The summed E-state index contributed by atoms with van der Waals surface area (Å²) >= 11 is 0. The third-order valence-electron chi connectivity index (χ3n) is 7.32. The highest BCUT2D eigenvalue weighted by Gasteiger charge is 2.16. The molecule has 0 bridgehead atoms. The third-order valence-corrected chi connectivity index (χ3v) is 7.32. The zero-order valence-electron chi connectivity index (χ0n) is 25.3. The van der Waals surface area contributed by atoms with Gasteiger partial charge in [-0.15, -0.1) is 6.42 Å². The van der Waals surface area contributed by atoms with Gasteiger partial charge in [-0.25, -0.2) is 14.5 Å². The molecule has 2 amide bonds. The summed E-state index contributed by atoms with van der Waals surface area (Å²) in [7, 11) is 0. The number of hydrogen-bond acceptors (Lipinski definition) is 5. The predicted octanol–water partition coefficient (Wildman–Crippen LogP) is 8.26. The number of ether oxygens (including phenoxy) is 1. The van der Waals surface area contributed by atoms with Crippen LogP contribution < -0.4 is 15.4 Å². The van der Waals surface area contributed by atoms with Gasteiger partial charge in [0.2, 0.25) is 5.88 Å². The molecule has 2 aromatic heterocycles. The van der Waals surface area contributed by atoms with Crippen molar-refractivity contribution in [3.8, 4) is 29.7 Å². The average Bonchev–Trinajstić information content (AvgIpc) is 3.47. The molecule has 0 aliphatic heterocycles. The fraction of sp³-hybridized carbons (Fsp3) is 0.135. The topological polar surface area (TPSA) is 94.0 Å². The SMILES string of the molecule is C#Cc1cccc(Cc2nccc(Oc3ccc(NC(=O)Nc4cc(C(C)C)nn4-c4ccc(C)cc4)c4ccccc34)n2)c1. The van der Waals surface area contributed by atoms with Crippen LogP contribution >= 0.6 is 0 Å². The number of fused-ring (bicyclic) bond motifs is 1. The van der Waals surface area contributed by atoms with E-state index < -0.39 is 0 Å². The Morgan fingerprint density at radius 3 is 2.51 bits per heavy atom. The van der Waals surface area contributed by atoms with Crippen molar-refractivity contribution >= 4 is 28.3 Å². The fourth-order valence-corrected chi connectivity index (χ4v) is 4.98. The van der Waals surface area contributed by atoms with Crippen LogP contribution in [-0.2, 0) is 6.42 Å². The number of aromatic nitrogens is 4. The fourth-order valence-electron chi connectivity index (χ4n) is 4.98. The van der Waals surface area contributed by atoms with E-state index in [-0.39, 0.29) is 11.9 Å². The summed E-state index contributed by atoms with van der Waals surface area (Å²) in [5.41, 5.74) is 5.36. The Balaban J connectivity index is 1.22. The van der Waals surface area contributed by atoms with Gasteiger partial charge in [0, 0.05) is 41.1 Å². The maximum atomic E-state index is 13.3. The van der Waals surface area contributed by atoms with E-state index in [1.54, 1.807) is 16.9 Å². The summed E-state index contributed by atoms with van der Waals surface area (Å²) in [6.45, 7) is 6.18. The minimum Gasteiger partial charge on any atom is -0.438 e. The molecule has 0 unspecified atom stereocenters. The van der Waals surface area contributed by atoms with Crippen LogP contribution in [0.3, 0.4) is 0 Å². The van der Waals surface area contributed by atoms with Crippen molar-refractivity contribution in [2.24, 2.45) is 0 Å². The molecule has 0 fully saturated rings. The molecule has 6 rings (SSSR count). The standard InChI is InChI=1S/C37H32N6O2/c1-5-26-9-8-10-27(21-26)22-34-38-20-19-36(40-34)45-33-18-17-31(29-11-6-7-12-30(29)33)39-37(44)41-35-23-32(24(2)3)42-43(35)28-15-13-25(4)14-16-28/h1,6-21,23-24H,22H2,2-4H3,(H2,39,41,44). The molecule has 0 aliphatic carbocycles. The van der Waals surface area contributed by atoms with E-state index in [0.29, 0.717) is 35.4 Å². The number of urea groups is 1. The number of terminal acetylenes is 1. The molecule has 8 heteroatoms. The summed E-state index contributed by atoms with van der Waals surface area (Å²) in [6, 6.07) is 30.4. The molecule has 0 radical (unpaired) electrons. The van der Waals surface area contributed by atoms with E-state index >= 15 is 0 Å². The third kappa shape index (κ3) is 6.68. The molecule has 222 valence electrons. The van der Waals surface area contributed by atoms with Crippen molar-refractivity contribution in [1.29, 1.82) is 0 Å². The summed E-state index contributed by atoms with van der Waals surface area (Å²) < 4.78 is 8.00. The van der Waals surface area contributed by atoms with Gasteiger partial charge < -0.3 is 10.1 Å². The van der Waals surface area contributed by atoms with E-state index in [0.717, 1.165) is 38.8 Å². The first kappa shape index (κ1) is 29.1. The van der Waals surface area contributed by atoms with Gasteiger partial charge in [0.25, 0.3) is 0 Å². The van der Waals surface area contributed by atoms with Gasteiger partial charge >= 0.3 is 6.03 Å². The lowest BCUT2D eigenvalue weighted by atomic mass is 10.1. The molecule has 2 heterocycles. The number of amides is 2. The maximum Gasteiger partial charge on any atom is 0.324 e. The Hall–Kier alpha value is -5.94. The first-order chi connectivity index (χ1) is 21.9. The lowest BCUT2D eigenvalue weighted by molar-refractivity contribution is 0.262. The minimum atomic E-state index is -0.383. The van der Waals surface area contributed by atoms with Crippen LogP contribution in [0.1, 0.15) is 48.0 Å². The van der Waals surface area contributed by atoms with E-state index in [2.05, 4.69) is 40.4 Å². The molecular formula is C37H32N6O2. The maximum absolute atomic E-state index is 13.3. The normalized spacial score (nSPS) is 10.9.